The summed E-state index contributed by atoms with van der Waals surface area (Å²) < 4.78 is 16.9. The number of ether oxygens (including phenoxy) is 1. The topological polar surface area (TPSA) is 120 Å². The number of methoxy groups -OCH3 is 1. The zero-order chi connectivity index (χ0) is 20.3. The third-order valence-electron chi connectivity index (χ3n) is 3.69. The molecule has 1 atom stereocenters. The highest BCUT2D eigenvalue weighted by atomic mass is 32.2. The molecular formula is C18H18N6O3S. The van der Waals surface area contributed by atoms with E-state index in [0.717, 1.165) is 0 Å². The molecule has 9 nitrogen and oxygen atoms in total. The van der Waals surface area contributed by atoms with Gasteiger partial charge in [0, 0.05) is 25.3 Å². The average molecular weight is 398 g/mol. The van der Waals surface area contributed by atoms with Crippen molar-refractivity contribution in [3.8, 4) is 17.3 Å². The molecule has 0 aliphatic carbocycles. The summed E-state index contributed by atoms with van der Waals surface area (Å²) in [6.07, 6.45) is 4.50. The Hall–Kier alpha value is -3.27. The number of carbonyl (C=O) groups is 1. The molecule has 0 fully saturated rings. The first-order valence-electron chi connectivity index (χ1n) is 8.22. The number of ketones is 1. The van der Waals surface area contributed by atoms with Crippen LogP contribution < -0.4 is 10.1 Å². The minimum absolute atomic E-state index is 0.198. The van der Waals surface area contributed by atoms with Crippen LogP contribution in [0.15, 0.2) is 35.6 Å². The summed E-state index contributed by atoms with van der Waals surface area (Å²) in [5, 5.41) is 3.49. The highest BCUT2D eigenvalue weighted by Gasteiger charge is 2.16. The fourth-order valence-corrected chi connectivity index (χ4v) is 2.89. The lowest BCUT2D eigenvalue weighted by molar-refractivity contribution is 0.101. The molecule has 1 unspecified atom stereocenters. The first-order chi connectivity index (χ1) is 13.4. The Morgan fingerprint density at radius 2 is 1.93 bits per heavy atom. The number of pyridine rings is 1. The van der Waals surface area contributed by atoms with E-state index in [2.05, 4.69) is 30.2 Å². The SMILES string of the molecule is COc1ccc(Nc2ncc(C(C)=O)nc2-c2cc(S(C)=O)nc(C)n2)cn1. The molecule has 0 amide bonds. The molecular weight excluding hydrogens is 380 g/mol. The monoisotopic (exact) mass is 398 g/mol. The van der Waals surface area contributed by atoms with Crippen LogP contribution >= 0.6 is 0 Å². The molecule has 28 heavy (non-hydrogen) atoms. The Balaban J connectivity index is 2.10. The summed E-state index contributed by atoms with van der Waals surface area (Å²) in [5.74, 6) is 1.07. The third-order valence-corrected chi connectivity index (χ3v) is 4.49. The van der Waals surface area contributed by atoms with Crippen LogP contribution in [0.25, 0.3) is 11.4 Å². The smallest absolute Gasteiger partial charge is 0.213 e. The van der Waals surface area contributed by atoms with Crippen LogP contribution in [-0.2, 0) is 10.8 Å². The van der Waals surface area contributed by atoms with Gasteiger partial charge < -0.3 is 10.1 Å². The summed E-state index contributed by atoms with van der Waals surface area (Å²) >= 11 is 0. The van der Waals surface area contributed by atoms with Crippen molar-refractivity contribution in [2.24, 2.45) is 0 Å². The molecule has 0 saturated carbocycles. The van der Waals surface area contributed by atoms with E-state index in [1.807, 2.05) is 0 Å². The summed E-state index contributed by atoms with van der Waals surface area (Å²) in [4.78, 5) is 33.2. The molecule has 0 radical (unpaired) electrons. The minimum Gasteiger partial charge on any atom is -0.481 e. The molecule has 144 valence electrons. The van der Waals surface area contributed by atoms with Crippen LogP contribution in [0.2, 0.25) is 0 Å². The van der Waals surface area contributed by atoms with Gasteiger partial charge in [0.15, 0.2) is 11.6 Å². The van der Waals surface area contributed by atoms with E-state index in [9.17, 15) is 9.00 Å². The molecule has 3 aromatic rings. The number of Topliss-reactive ketones (excluding diaryl/α,β-unsaturated/α-hetero) is 1. The van der Waals surface area contributed by atoms with Gasteiger partial charge in [-0.3, -0.25) is 9.00 Å². The largest absolute Gasteiger partial charge is 0.481 e. The Morgan fingerprint density at radius 1 is 1.14 bits per heavy atom. The molecule has 0 saturated heterocycles. The van der Waals surface area contributed by atoms with Gasteiger partial charge in [-0.15, -0.1) is 0 Å². The van der Waals surface area contributed by atoms with Gasteiger partial charge in [-0.2, -0.15) is 0 Å². The number of nitrogens with zero attached hydrogens (tertiary/aromatic N) is 5. The number of hydrogen-bond acceptors (Lipinski definition) is 9. The number of rotatable bonds is 6. The van der Waals surface area contributed by atoms with Gasteiger partial charge >= 0.3 is 0 Å². The Labute approximate surface area is 164 Å². The van der Waals surface area contributed by atoms with Crippen LogP contribution in [0.3, 0.4) is 0 Å². The predicted molar refractivity (Wildman–Crippen MR) is 104 cm³/mol. The number of carbonyl (C=O) groups excluding carboxylic acids is 1. The van der Waals surface area contributed by atoms with Gasteiger partial charge in [0.1, 0.15) is 22.2 Å². The highest BCUT2D eigenvalue weighted by molar-refractivity contribution is 7.84. The van der Waals surface area contributed by atoms with Crippen LogP contribution in [0.5, 0.6) is 5.88 Å². The lowest BCUT2D eigenvalue weighted by atomic mass is 10.2. The average Bonchev–Trinajstić information content (AvgIpc) is 2.68. The van der Waals surface area contributed by atoms with Gasteiger partial charge in [0.25, 0.3) is 0 Å². The van der Waals surface area contributed by atoms with E-state index in [1.54, 1.807) is 31.3 Å². The Morgan fingerprint density at radius 3 is 2.54 bits per heavy atom. The van der Waals surface area contributed by atoms with Crippen molar-refractivity contribution in [3.05, 3.63) is 42.1 Å². The standard InChI is InChI=1S/C18H18N6O3S/c1-10(25)14-9-20-18(23-12-5-6-15(27-3)19-8-12)17(24-14)13-7-16(28(4)26)22-11(2)21-13/h5-9H,1-4H3,(H,20,23). The molecule has 0 aromatic carbocycles. The first-order valence-corrected chi connectivity index (χ1v) is 9.77. The summed E-state index contributed by atoms with van der Waals surface area (Å²) in [6.45, 7) is 3.11. The third kappa shape index (κ3) is 4.34. The van der Waals surface area contributed by atoms with E-state index in [0.29, 0.717) is 39.6 Å². The predicted octanol–water partition coefficient (Wildman–Crippen LogP) is 2.33. The summed E-state index contributed by atoms with van der Waals surface area (Å²) in [7, 11) is 0.238. The van der Waals surface area contributed by atoms with E-state index < -0.39 is 10.8 Å². The molecule has 3 heterocycles. The minimum atomic E-state index is -1.30. The van der Waals surface area contributed by atoms with Crippen molar-refractivity contribution in [1.82, 2.24) is 24.9 Å². The molecule has 10 heteroatoms. The second kappa shape index (κ2) is 8.17. The maximum atomic E-state index is 11.9. The van der Waals surface area contributed by atoms with Crippen molar-refractivity contribution in [2.45, 2.75) is 18.9 Å². The highest BCUT2D eigenvalue weighted by Crippen LogP contribution is 2.27. The Kier molecular flexibility index (Phi) is 5.69. The number of nitrogens with one attached hydrogen (secondary N) is 1. The van der Waals surface area contributed by atoms with Gasteiger partial charge in [-0.1, -0.05) is 0 Å². The van der Waals surface area contributed by atoms with E-state index in [1.165, 1.54) is 26.5 Å². The first kappa shape index (κ1) is 19.5. The van der Waals surface area contributed by atoms with Crippen molar-refractivity contribution >= 4 is 28.1 Å². The van der Waals surface area contributed by atoms with Crippen molar-refractivity contribution in [1.29, 1.82) is 0 Å². The molecule has 0 aliphatic heterocycles. The number of aromatic nitrogens is 5. The zero-order valence-electron chi connectivity index (χ0n) is 15.8. The lowest BCUT2D eigenvalue weighted by Gasteiger charge is -2.12. The van der Waals surface area contributed by atoms with Gasteiger partial charge in [0.2, 0.25) is 5.88 Å². The molecule has 0 bridgehead atoms. The molecule has 3 rings (SSSR count). The second-order valence-corrected chi connectivity index (χ2v) is 7.14. The van der Waals surface area contributed by atoms with E-state index in [4.69, 9.17) is 4.74 Å². The fraction of sp³-hybridized carbons (Fsp3) is 0.222. The zero-order valence-corrected chi connectivity index (χ0v) is 16.6. The van der Waals surface area contributed by atoms with Crippen LogP contribution in [0.4, 0.5) is 11.5 Å². The van der Waals surface area contributed by atoms with Crippen molar-refractivity contribution < 1.29 is 13.7 Å². The van der Waals surface area contributed by atoms with Crippen LogP contribution in [0.1, 0.15) is 23.2 Å². The summed E-state index contributed by atoms with van der Waals surface area (Å²) in [6, 6.07) is 5.05. The van der Waals surface area contributed by atoms with Crippen LogP contribution in [-0.4, -0.2) is 48.3 Å². The van der Waals surface area contributed by atoms with Gasteiger partial charge in [0.05, 0.1) is 41.7 Å². The normalized spacial score (nSPS) is 11.7. The second-order valence-electron chi connectivity index (χ2n) is 5.82. The number of aryl methyl sites for hydroxylation is 1. The lowest BCUT2D eigenvalue weighted by Crippen LogP contribution is -2.07. The number of hydrogen-bond donors (Lipinski definition) is 1. The maximum absolute atomic E-state index is 11.9. The molecule has 1 N–H and O–H groups in total. The van der Waals surface area contributed by atoms with Crippen LogP contribution in [0, 0.1) is 6.92 Å². The van der Waals surface area contributed by atoms with E-state index >= 15 is 0 Å². The van der Waals surface area contributed by atoms with E-state index in [-0.39, 0.29) is 11.5 Å². The summed E-state index contributed by atoms with van der Waals surface area (Å²) in [5.41, 5.74) is 1.61. The van der Waals surface area contributed by atoms with Crippen molar-refractivity contribution in [2.75, 3.05) is 18.7 Å². The van der Waals surface area contributed by atoms with Crippen molar-refractivity contribution in [3.63, 3.8) is 0 Å². The molecule has 0 spiro atoms. The quantitative estimate of drug-likeness (QED) is 0.492. The number of anilines is 2. The Bertz CT molecular complexity index is 1060. The fourth-order valence-electron chi connectivity index (χ4n) is 2.35. The van der Waals surface area contributed by atoms with Gasteiger partial charge in [-0.05, 0) is 13.0 Å². The maximum Gasteiger partial charge on any atom is 0.213 e. The molecule has 3 aromatic heterocycles. The molecule has 0 aliphatic rings. The van der Waals surface area contributed by atoms with Gasteiger partial charge in [-0.25, -0.2) is 24.9 Å².